The van der Waals surface area contributed by atoms with Crippen molar-refractivity contribution in [2.75, 3.05) is 19.7 Å². The summed E-state index contributed by atoms with van der Waals surface area (Å²) in [6.07, 6.45) is 0.0499. The van der Waals surface area contributed by atoms with Gasteiger partial charge in [0.05, 0.1) is 5.92 Å². The number of benzene rings is 2. The molecule has 2 amide bonds. The number of hydrogen-bond acceptors (Lipinski definition) is 4. The van der Waals surface area contributed by atoms with Crippen LogP contribution in [0.15, 0.2) is 48.5 Å². The first kappa shape index (κ1) is 21.5. The van der Waals surface area contributed by atoms with E-state index in [1.54, 1.807) is 18.7 Å². The van der Waals surface area contributed by atoms with Gasteiger partial charge in [-0.05, 0) is 54.4 Å². The van der Waals surface area contributed by atoms with Crippen molar-refractivity contribution in [3.05, 3.63) is 59.7 Å². The zero-order chi connectivity index (χ0) is 23.3. The number of carbonyl (C=O) groups is 3. The van der Waals surface area contributed by atoms with E-state index in [1.807, 2.05) is 24.3 Å². The van der Waals surface area contributed by atoms with Gasteiger partial charge in [0.1, 0.15) is 12.1 Å². The topological polar surface area (TPSA) is 95.9 Å². The van der Waals surface area contributed by atoms with Crippen LogP contribution in [0, 0.1) is 17.8 Å². The minimum absolute atomic E-state index is 0.0189. The van der Waals surface area contributed by atoms with E-state index in [0.717, 1.165) is 22.3 Å². The highest BCUT2D eigenvalue weighted by Gasteiger charge is 2.58. The number of fused-ring (bicyclic) bond motifs is 4. The molecule has 172 valence electrons. The number of piperidine rings is 1. The van der Waals surface area contributed by atoms with Crippen LogP contribution >= 0.6 is 0 Å². The van der Waals surface area contributed by atoms with Crippen LogP contribution < -0.4 is 5.32 Å². The summed E-state index contributed by atoms with van der Waals surface area (Å²) in [7, 11) is 0. The molecule has 3 aliphatic rings. The van der Waals surface area contributed by atoms with Crippen LogP contribution in [0.4, 0.5) is 4.79 Å². The lowest BCUT2D eigenvalue weighted by atomic mass is 9.98. The minimum atomic E-state index is -1.15. The fraction of sp³-hybridized carbons (Fsp3) is 0.423. The summed E-state index contributed by atoms with van der Waals surface area (Å²) in [5, 5.41) is 12.0. The SMILES string of the molecule is CC(C)(NC(=O)OCC1c2ccccc2-c2ccccc21)C(=O)N1CC[C@@H]2C(C(=O)O)[C@@H]2C1. The predicted octanol–water partition coefficient (Wildman–Crippen LogP) is 3.48. The molecule has 2 fully saturated rings. The maximum Gasteiger partial charge on any atom is 0.408 e. The van der Waals surface area contributed by atoms with E-state index < -0.39 is 17.6 Å². The third-order valence-corrected chi connectivity index (χ3v) is 7.36. The zero-order valence-electron chi connectivity index (χ0n) is 18.8. The second-order valence-electron chi connectivity index (χ2n) is 9.81. The van der Waals surface area contributed by atoms with Gasteiger partial charge in [-0.3, -0.25) is 9.59 Å². The van der Waals surface area contributed by atoms with Gasteiger partial charge in [0.2, 0.25) is 5.91 Å². The number of nitrogens with one attached hydrogen (secondary N) is 1. The van der Waals surface area contributed by atoms with E-state index in [9.17, 15) is 19.5 Å². The molecule has 7 heteroatoms. The molecule has 33 heavy (non-hydrogen) atoms. The van der Waals surface area contributed by atoms with Gasteiger partial charge in [0.25, 0.3) is 0 Å². The summed E-state index contributed by atoms with van der Waals surface area (Å²) >= 11 is 0. The molecule has 0 bridgehead atoms. The molecular weight excluding hydrogens is 420 g/mol. The normalized spacial score (nSPS) is 23.2. The Hall–Kier alpha value is -3.35. The van der Waals surface area contributed by atoms with Gasteiger partial charge in [-0.2, -0.15) is 0 Å². The standard InChI is InChI=1S/C26H28N2O5/c1-26(2,24(31)28-12-11-19-20(13-28)22(19)23(29)30)27-25(32)33-14-21-17-9-5-3-7-15(17)16-8-4-6-10-18(16)21/h3-10,19-22H,11-14H2,1-2H3,(H,27,32)(H,29,30)/t19-,20+,22?/m0/s1. The maximum atomic E-state index is 13.1. The van der Waals surface area contributed by atoms with E-state index in [0.29, 0.717) is 19.5 Å². The molecule has 2 N–H and O–H groups in total. The first-order chi connectivity index (χ1) is 15.8. The molecule has 2 aromatic carbocycles. The molecule has 2 aliphatic carbocycles. The molecule has 1 saturated carbocycles. The summed E-state index contributed by atoms with van der Waals surface area (Å²) in [5.74, 6) is -1.21. The number of nitrogens with zero attached hydrogens (tertiary/aromatic N) is 1. The van der Waals surface area contributed by atoms with Crippen LogP contribution in [-0.2, 0) is 14.3 Å². The molecule has 7 nitrogen and oxygen atoms in total. The average molecular weight is 449 g/mol. The molecule has 1 unspecified atom stereocenters. The van der Waals surface area contributed by atoms with Crippen molar-refractivity contribution in [1.82, 2.24) is 10.2 Å². The fourth-order valence-corrected chi connectivity index (χ4v) is 5.63. The van der Waals surface area contributed by atoms with Crippen molar-refractivity contribution in [2.45, 2.75) is 31.7 Å². The Morgan fingerprint density at radius 3 is 2.24 bits per heavy atom. The van der Waals surface area contributed by atoms with Gasteiger partial charge >= 0.3 is 12.1 Å². The summed E-state index contributed by atoms with van der Waals surface area (Å²) in [6, 6.07) is 16.2. The smallest absolute Gasteiger partial charge is 0.408 e. The van der Waals surface area contributed by atoms with Crippen LogP contribution in [-0.4, -0.2) is 53.2 Å². The highest BCUT2D eigenvalue weighted by Crippen LogP contribution is 2.51. The first-order valence-corrected chi connectivity index (χ1v) is 11.4. The second kappa shape index (κ2) is 7.90. The monoisotopic (exact) mass is 448 g/mol. The summed E-state index contributed by atoms with van der Waals surface area (Å²) in [4.78, 5) is 38.7. The molecule has 0 spiro atoms. The number of hydrogen-bond donors (Lipinski definition) is 2. The summed E-state index contributed by atoms with van der Waals surface area (Å²) in [5.41, 5.74) is 3.41. The van der Waals surface area contributed by atoms with Gasteiger partial charge in [0, 0.05) is 19.0 Å². The van der Waals surface area contributed by atoms with Crippen LogP contribution in [0.1, 0.15) is 37.3 Å². The van der Waals surface area contributed by atoms with Crippen molar-refractivity contribution in [3.8, 4) is 11.1 Å². The lowest BCUT2D eigenvalue weighted by molar-refractivity contribution is -0.140. The number of alkyl carbamates (subject to hydrolysis) is 1. The third kappa shape index (κ3) is 3.75. The highest BCUT2D eigenvalue weighted by molar-refractivity contribution is 5.89. The van der Waals surface area contributed by atoms with Crippen LogP contribution in [0.25, 0.3) is 11.1 Å². The Bertz CT molecular complexity index is 1080. The van der Waals surface area contributed by atoms with E-state index in [1.165, 1.54) is 0 Å². The van der Waals surface area contributed by atoms with E-state index in [2.05, 4.69) is 29.6 Å². The Balaban J connectivity index is 1.21. The maximum absolute atomic E-state index is 13.1. The lowest BCUT2D eigenvalue weighted by Gasteiger charge is -2.34. The van der Waals surface area contributed by atoms with Crippen molar-refractivity contribution in [1.29, 1.82) is 0 Å². The van der Waals surface area contributed by atoms with Gasteiger partial charge in [-0.15, -0.1) is 0 Å². The number of ether oxygens (including phenoxy) is 1. The number of carboxylic acids is 1. The number of likely N-dealkylation sites (tertiary alicyclic amines) is 1. The Morgan fingerprint density at radius 2 is 1.64 bits per heavy atom. The average Bonchev–Trinajstić information content (AvgIpc) is 3.44. The third-order valence-electron chi connectivity index (χ3n) is 7.36. The van der Waals surface area contributed by atoms with Crippen molar-refractivity contribution in [2.24, 2.45) is 17.8 Å². The van der Waals surface area contributed by atoms with Crippen molar-refractivity contribution >= 4 is 18.0 Å². The highest BCUT2D eigenvalue weighted by atomic mass is 16.5. The zero-order valence-corrected chi connectivity index (χ0v) is 18.8. The second-order valence-corrected chi connectivity index (χ2v) is 9.81. The summed E-state index contributed by atoms with van der Waals surface area (Å²) < 4.78 is 5.59. The quantitative estimate of drug-likeness (QED) is 0.730. The Kier molecular flexibility index (Phi) is 5.15. The molecular formula is C26H28N2O5. The molecule has 5 rings (SSSR count). The Labute approximate surface area is 192 Å². The largest absolute Gasteiger partial charge is 0.481 e. The van der Waals surface area contributed by atoms with E-state index in [4.69, 9.17) is 4.74 Å². The van der Waals surface area contributed by atoms with E-state index >= 15 is 0 Å². The molecule has 0 radical (unpaired) electrons. The predicted molar refractivity (Wildman–Crippen MR) is 122 cm³/mol. The van der Waals surface area contributed by atoms with Crippen LogP contribution in [0.3, 0.4) is 0 Å². The Morgan fingerprint density at radius 1 is 1.03 bits per heavy atom. The minimum Gasteiger partial charge on any atom is -0.481 e. The molecule has 2 aromatic rings. The van der Waals surface area contributed by atoms with E-state index in [-0.39, 0.29) is 36.2 Å². The summed E-state index contributed by atoms with van der Waals surface area (Å²) in [6.45, 7) is 4.43. The lowest BCUT2D eigenvalue weighted by Crippen LogP contribution is -2.57. The number of aliphatic carboxylic acids is 1. The van der Waals surface area contributed by atoms with Gasteiger partial charge < -0.3 is 20.1 Å². The van der Waals surface area contributed by atoms with Crippen molar-refractivity contribution in [3.63, 3.8) is 0 Å². The van der Waals surface area contributed by atoms with Crippen LogP contribution in [0.2, 0.25) is 0 Å². The number of amides is 2. The molecule has 1 saturated heterocycles. The van der Waals surface area contributed by atoms with Crippen molar-refractivity contribution < 1.29 is 24.2 Å². The van der Waals surface area contributed by atoms with Crippen LogP contribution in [0.5, 0.6) is 0 Å². The molecule has 0 aromatic heterocycles. The number of rotatable bonds is 5. The van der Waals surface area contributed by atoms with Gasteiger partial charge in [-0.1, -0.05) is 48.5 Å². The fourth-order valence-electron chi connectivity index (χ4n) is 5.63. The van der Waals surface area contributed by atoms with Gasteiger partial charge in [0.15, 0.2) is 0 Å². The van der Waals surface area contributed by atoms with Gasteiger partial charge in [-0.25, -0.2) is 4.79 Å². The molecule has 1 aliphatic heterocycles. The number of carboxylic acid groups (broad SMARTS) is 1. The molecule has 3 atom stereocenters. The number of carbonyl (C=O) groups excluding carboxylic acids is 2. The molecule has 1 heterocycles. The first-order valence-electron chi connectivity index (χ1n) is 11.4.